The number of unbranched alkanes of at least 4 members (excludes halogenated alkanes) is 3. The monoisotopic (exact) mass is 1870 g/mol. The number of amides is 17. The van der Waals surface area contributed by atoms with E-state index in [4.69, 9.17) is 62.1 Å². The topological polar surface area (TPSA) is 876 Å². The Bertz CT molecular complexity index is 4140. The highest BCUT2D eigenvalue weighted by atomic mass is 16.4. The van der Waals surface area contributed by atoms with Gasteiger partial charge in [-0.05, 0) is 168 Å². The summed E-state index contributed by atoms with van der Waals surface area (Å²) in [6, 6.07) is -3.87. The van der Waals surface area contributed by atoms with Crippen molar-refractivity contribution in [3.63, 3.8) is 0 Å². The fourth-order valence-electron chi connectivity index (χ4n) is 12.5. The number of carboxylic acids is 1. The number of carboxylic acid groups (broad SMARTS) is 1. The fraction of sp³-hybridized carbons (Fsp3) is 0.593. The molecular formula is C81H136N30O21. The normalized spacial score (nSPS) is 14.3. The van der Waals surface area contributed by atoms with E-state index < -0.39 is 248 Å². The van der Waals surface area contributed by atoms with Crippen LogP contribution in [0, 0.1) is 16.2 Å². The smallest absolute Gasteiger partial charge is 0.326 e. The number of nitrogens with one attached hydrogen (secondary N) is 22. The molecule has 0 aliphatic carbocycles. The summed E-state index contributed by atoms with van der Waals surface area (Å²) >= 11 is 0. The van der Waals surface area contributed by atoms with Crippen LogP contribution in [0.5, 0.6) is 0 Å². The van der Waals surface area contributed by atoms with Crippen molar-refractivity contribution in [1.82, 2.24) is 101 Å². The molecule has 736 valence electrons. The molecule has 2 rings (SSSR count). The van der Waals surface area contributed by atoms with Crippen LogP contribution in [0.2, 0.25) is 0 Å². The number of aliphatic hydroxyl groups is 2. The van der Waals surface area contributed by atoms with Crippen molar-refractivity contribution in [3.05, 3.63) is 71.8 Å². The highest BCUT2D eigenvalue weighted by Crippen LogP contribution is 2.13. The van der Waals surface area contributed by atoms with E-state index >= 15 is 0 Å². The molecule has 51 heteroatoms. The van der Waals surface area contributed by atoms with E-state index in [1.807, 2.05) is 0 Å². The highest BCUT2D eigenvalue weighted by Gasteiger charge is 2.37. The Morgan fingerprint density at radius 2 is 0.636 bits per heavy atom. The molecule has 2 aromatic rings. The summed E-state index contributed by atoms with van der Waals surface area (Å²) in [5.41, 5.74) is 46.2. The van der Waals surface area contributed by atoms with Crippen LogP contribution < -0.4 is 147 Å². The Hall–Kier alpha value is -13.5. The number of aliphatic carboxylic acids is 1. The van der Waals surface area contributed by atoms with Gasteiger partial charge in [-0.25, -0.2) is 4.79 Å². The van der Waals surface area contributed by atoms with E-state index in [-0.39, 0.29) is 136 Å². The van der Waals surface area contributed by atoms with E-state index in [9.17, 15) is 102 Å². The average Bonchev–Trinajstić information content (AvgIpc) is 0.862. The lowest BCUT2D eigenvalue weighted by Gasteiger charge is -2.27. The molecule has 132 heavy (non-hydrogen) atoms. The zero-order valence-corrected chi connectivity index (χ0v) is 74.7. The summed E-state index contributed by atoms with van der Waals surface area (Å²) in [6.45, 7) is 2.02. The van der Waals surface area contributed by atoms with Gasteiger partial charge in [0.05, 0.1) is 38.4 Å². The van der Waals surface area contributed by atoms with Gasteiger partial charge in [-0.3, -0.25) is 97.7 Å². The third kappa shape index (κ3) is 47.7. The summed E-state index contributed by atoms with van der Waals surface area (Å²) in [6.07, 6.45) is -1.51. The van der Waals surface area contributed by atoms with E-state index in [0.29, 0.717) is 24.8 Å². The maximum absolute atomic E-state index is 14.5. The molecular weight excluding hydrogens is 1730 g/mol. The molecule has 0 aliphatic heterocycles. The van der Waals surface area contributed by atoms with Crippen LogP contribution >= 0.6 is 0 Å². The first-order valence-corrected chi connectivity index (χ1v) is 43.3. The molecule has 0 bridgehead atoms. The van der Waals surface area contributed by atoms with Crippen molar-refractivity contribution < 1.29 is 102 Å². The molecule has 0 heterocycles. The second-order valence-corrected chi connectivity index (χ2v) is 31.1. The molecule has 0 unspecified atom stereocenters. The molecule has 0 radical (unpaired) electrons. The number of hydrogen-bond donors (Lipinski definition) is 33. The van der Waals surface area contributed by atoms with E-state index in [1.165, 1.54) is 20.8 Å². The fourth-order valence-corrected chi connectivity index (χ4v) is 12.5. The number of carbonyl (C=O) groups excluding carboxylic acids is 17. The summed E-state index contributed by atoms with van der Waals surface area (Å²) in [5.74, 6) is -19.0. The van der Waals surface area contributed by atoms with E-state index in [0.717, 1.165) is 12.5 Å². The van der Waals surface area contributed by atoms with Crippen molar-refractivity contribution >= 4 is 124 Å². The third-order valence-corrected chi connectivity index (χ3v) is 19.9. The lowest BCUT2D eigenvalue weighted by atomic mass is 10.0. The van der Waals surface area contributed by atoms with Crippen LogP contribution in [0.25, 0.3) is 0 Å². The first kappa shape index (κ1) is 115. The number of carbonyl (C=O) groups is 18. The summed E-state index contributed by atoms with van der Waals surface area (Å²) in [7, 11) is 0. The summed E-state index contributed by atoms with van der Waals surface area (Å²) in [4.78, 5) is 244. The molecule has 0 saturated carbocycles. The molecule has 0 aliphatic rings. The highest BCUT2D eigenvalue weighted by molar-refractivity contribution is 6.01. The van der Waals surface area contributed by atoms with Gasteiger partial charge in [-0.1, -0.05) is 60.7 Å². The summed E-state index contributed by atoms with van der Waals surface area (Å²) in [5, 5.41) is 101. The minimum atomic E-state index is -1.86. The van der Waals surface area contributed by atoms with Gasteiger partial charge in [0.2, 0.25) is 100 Å². The van der Waals surface area contributed by atoms with Gasteiger partial charge in [0.25, 0.3) is 0 Å². The second-order valence-electron chi connectivity index (χ2n) is 31.1. The number of aliphatic hydroxyl groups excluding tert-OH is 2. The maximum Gasteiger partial charge on any atom is 0.326 e. The van der Waals surface area contributed by atoms with Gasteiger partial charge < -0.3 is 162 Å². The molecule has 41 N–H and O–H groups in total. The Morgan fingerprint density at radius 3 is 1.00 bits per heavy atom. The van der Waals surface area contributed by atoms with Gasteiger partial charge in [0.1, 0.15) is 78.5 Å². The maximum atomic E-state index is 14.5. The zero-order chi connectivity index (χ0) is 99.0. The van der Waals surface area contributed by atoms with Crippen LogP contribution in [0.4, 0.5) is 0 Å². The molecule has 17 amide bonds. The minimum absolute atomic E-state index is 0.00779. The van der Waals surface area contributed by atoms with Crippen LogP contribution in [0.15, 0.2) is 60.7 Å². The van der Waals surface area contributed by atoms with Crippen LogP contribution in [0.3, 0.4) is 0 Å². The van der Waals surface area contributed by atoms with Crippen molar-refractivity contribution in [1.29, 1.82) is 16.2 Å². The van der Waals surface area contributed by atoms with Gasteiger partial charge in [0, 0.05) is 32.5 Å². The van der Waals surface area contributed by atoms with Crippen molar-refractivity contribution in [3.8, 4) is 0 Å². The van der Waals surface area contributed by atoms with Crippen molar-refractivity contribution in [2.75, 3.05) is 65.5 Å². The molecule has 0 saturated heterocycles. The third-order valence-electron chi connectivity index (χ3n) is 19.9. The number of primary amides is 1. The SMILES string of the molecule is C[C@H](NC(=O)CNC(=O)[C@@H](NC(=O)[C@H](Cc1ccccc1)NC(=O)CNC(=O)CNC(=O)[C@@H](N)Cc1ccccc1)[C@@H](C)O)C(=O)N[C@@H](CCCNC(=N)N)C(=O)N[C@@H](CCCCN)C(=O)N[C@@H](CO)C(=O)N[C@@H](C)C(=O)N[C@@H](CCCNC(=N)N)C(=O)N[C@@H](CCCCN)C(=O)N[C@@H](CCCNC(=N)N)C(=O)N[C@@H](C)C(=O)N[C@@H](CCCCN)C(=O)N[C@@H](CCC(N)=O)C(=O)O. The van der Waals surface area contributed by atoms with Crippen LogP contribution in [0.1, 0.15) is 148 Å². The number of hydrogen-bond acceptors (Lipinski definition) is 27. The predicted octanol–water partition coefficient (Wildman–Crippen LogP) is -11.6. The lowest BCUT2D eigenvalue weighted by molar-refractivity contribution is -0.142. The molecule has 15 atom stereocenters. The predicted molar refractivity (Wildman–Crippen MR) is 480 cm³/mol. The second kappa shape index (κ2) is 63.5. The number of nitrogens with two attached hydrogens (primary N) is 8. The van der Waals surface area contributed by atoms with E-state index in [2.05, 4.69) is 101 Å². The Balaban J connectivity index is 2.34. The Morgan fingerprint density at radius 1 is 0.326 bits per heavy atom. The minimum Gasteiger partial charge on any atom is -0.480 e. The first-order chi connectivity index (χ1) is 62.5. The first-order valence-electron chi connectivity index (χ1n) is 43.3. The van der Waals surface area contributed by atoms with Gasteiger partial charge in [-0.2, -0.15) is 0 Å². The number of rotatable bonds is 66. The lowest BCUT2D eigenvalue weighted by Crippen LogP contribution is -2.60. The Labute approximate surface area is 763 Å². The van der Waals surface area contributed by atoms with E-state index in [1.54, 1.807) is 60.7 Å². The molecule has 2 aromatic carbocycles. The molecule has 51 nitrogen and oxygen atoms in total. The number of guanidine groups is 3. The van der Waals surface area contributed by atoms with Gasteiger partial charge in [-0.15, -0.1) is 0 Å². The zero-order valence-electron chi connectivity index (χ0n) is 74.7. The number of benzene rings is 2. The van der Waals surface area contributed by atoms with Crippen molar-refractivity contribution in [2.24, 2.45) is 45.9 Å². The van der Waals surface area contributed by atoms with Crippen LogP contribution in [-0.4, -0.2) is 296 Å². The summed E-state index contributed by atoms with van der Waals surface area (Å²) < 4.78 is 0. The Kier molecular flexibility index (Phi) is 55.1. The van der Waals surface area contributed by atoms with Gasteiger partial charge in [0.15, 0.2) is 17.9 Å². The average molecular weight is 1870 g/mol. The van der Waals surface area contributed by atoms with Crippen LogP contribution in [-0.2, 0) is 99.1 Å². The standard InChI is InChI=1S/C81H136N30O21/c1-44(99-62(116)42-98-77(130)64(47(4)113)111-75(128)58(39-49-22-9-6-10-23-49)102-63(117)41-96-61(115)40-97-68(121)50(85)38-48-20-7-5-8-21-48)65(118)104-55(28-18-36-94-80(89)90)71(124)107-53(26-13-16-34-84)74(127)110-59(43-112)76(129)101-46(3)67(120)105-56(29-19-37-95-81(91)92)72(125)106-52(25-12-15-33-83)70(123)108-54(27-17-35-93-79(87)88)69(122)100-45(2)66(119)103-51(24-11-14-32-82)73(126)109-57(78(131)132)30-31-60(86)114/h5-10,20-23,44-47,50-59,64,112-113H,11-19,24-43,82-85H2,1-4H3,(H2,86,114)(H,96,115)(H,97,121)(H,98,130)(H,99,116)(H,100,122)(H,101,129)(H,102,117)(H,103,119)(H,104,118)(H,105,120)(H,106,125)(H,107,124)(H,108,123)(H,109,126)(H,110,127)(H,111,128)(H,131,132)(H4,87,88,93)(H4,89,90,94)(H4,91,92,95)/t44-,45-,46-,47+,50-,51-,52-,53-,54-,55-,56-,57-,58-,59-,64-/m0/s1. The molecule has 0 aromatic heterocycles. The molecule has 0 fully saturated rings. The van der Waals surface area contributed by atoms with Crippen molar-refractivity contribution in [2.45, 2.75) is 240 Å². The molecule has 0 spiro atoms. The van der Waals surface area contributed by atoms with Gasteiger partial charge >= 0.3 is 5.97 Å². The quantitative estimate of drug-likeness (QED) is 0.0166. The largest absolute Gasteiger partial charge is 0.480 e.